The Morgan fingerprint density at radius 2 is 1.27 bits per heavy atom. The first-order chi connectivity index (χ1) is 19.5. The van der Waals surface area contributed by atoms with E-state index < -0.39 is 35.2 Å². The smallest absolute Gasteiger partial charge is 0.373 e. The summed E-state index contributed by atoms with van der Waals surface area (Å²) in [6, 6.07) is 14.9. The van der Waals surface area contributed by atoms with Crippen molar-refractivity contribution in [1.82, 2.24) is 0 Å². The van der Waals surface area contributed by atoms with E-state index in [0.29, 0.717) is 16.7 Å². The monoisotopic (exact) mass is 570 g/mol. The van der Waals surface area contributed by atoms with Gasteiger partial charge in [0.1, 0.15) is 23.3 Å². The first kappa shape index (κ1) is 32.1. The van der Waals surface area contributed by atoms with Crippen LogP contribution in [0.5, 0.6) is 0 Å². The maximum Gasteiger partial charge on any atom is 0.373 e. The molecule has 4 aromatic rings. The number of halogens is 4. The Labute approximate surface area is 231 Å². The summed E-state index contributed by atoms with van der Waals surface area (Å²) in [6.07, 6.45) is 0.250. The van der Waals surface area contributed by atoms with Gasteiger partial charge in [-0.05, 0) is 83.8 Å². The predicted octanol–water partition coefficient (Wildman–Crippen LogP) is 5.97. The Bertz CT molecular complexity index is 1600. The zero-order valence-corrected chi connectivity index (χ0v) is 21.6. The number of aromatic carboxylic acids is 1. The van der Waals surface area contributed by atoms with E-state index in [-0.39, 0.29) is 40.6 Å². The number of aliphatic hydroxyl groups is 1. The zero-order valence-electron chi connectivity index (χ0n) is 21.6. The number of rotatable bonds is 5. The fourth-order valence-electron chi connectivity index (χ4n) is 3.71. The van der Waals surface area contributed by atoms with Crippen LogP contribution in [0.3, 0.4) is 0 Å². The summed E-state index contributed by atoms with van der Waals surface area (Å²) in [7, 11) is 1.19. The summed E-state index contributed by atoms with van der Waals surface area (Å²) in [5.41, 5.74) is 2.05. The second-order valence-electron chi connectivity index (χ2n) is 8.20. The highest BCUT2D eigenvalue weighted by Gasteiger charge is 2.17. The van der Waals surface area contributed by atoms with Gasteiger partial charge >= 0.3 is 18.1 Å². The third kappa shape index (κ3) is 8.43. The molecule has 0 saturated carbocycles. The second kappa shape index (κ2) is 14.9. The highest BCUT2D eigenvalue weighted by atomic mass is 19.1. The highest BCUT2D eigenvalue weighted by molar-refractivity contribution is 5.97. The molecule has 0 atom stereocenters. The number of carbonyl (C=O) groups excluding carboxylic acids is 3. The maximum atomic E-state index is 13.8. The predicted molar refractivity (Wildman–Crippen MR) is 138 cm³/mol. The fourth-order valence-corrected chi connectivity index (χ4v) is 3.71. The van der Waals surface area contributed by atoms with E-state index in [9.17, 15) is 27.2 Å². The summed E-state index contributed by atoms with van der Waals surface area (Å²) in [4.78, 5) is 38.8. The lowest BCUT2D eigenvalue weighted by Gasteiger charge is -2.11. The highest BCUT2D eigenvalue weighted by Crippen LogP contribution is 2.29. The number of carboxylic acids is 1. The number of hydrogen-bond donors (Lipinski definition) is 2. The van der Waals surface area contributed by atoms with Gasteiger partial charge in [-0.15, -0.1) is 0 Å². The van der Waals surface area contributed by atoms with Gasteiger partial charge in [0.2, 0.25) is 0 Å². The average Bonchev–Trinajstić information content (AvgIpc) is 2.95. The molecule has 0 aromatic heterocycles. The first-order valence-corrected chi connectivity index (χ1v) is 11.5. The van der Waals surface area contributed by atoms with Crippen LogP contribution in [0.1, 0.15) is 31.8 Å². The minimum absolute atomic E-state index is 0.0325. The lowest BCUT2D eigenvalue weighted by atomic mass is 9.97. The maximum absolute atomic E-state index is 13.8. The molecule has 0 bridgehead atoms. The molecular weight excluding hydrogens is 548 g/mol. The Hall–Kier alpha value is -5.12. The topological polar surface area (TPSA) is 118 Å². The van der Waals surface area contributed by atoms with E-state index >= 15 is 0 Å². The Morgan fingerprint density at radius 1 is 0.756 bits per heavy atom. The molecule has 0 saturated heterocycles. The van der Waals surface area contributed by atoms with E-state index in [4.69, 9.17) is 19.8 Å². The molecule has 0 amide bonds. The molecule has 0 heterocycles. The van der Waals surface area contributed by atoms with Gasteiger partial charge in [-0.1, -0.05) is 18.2 Å². The van der Waals surface area contributed by atoms with Crippen LogP contribution < -0.4 is 0 Å². The van der Waals surface area contributed by atoms with E-state index in [0.717, 1.165) is 36.4 Å². The molecule has 0 fully saturated rings. The molecule has 212 valence electrons. The lowest BCUT2D eigenvalue weighted by Crippen LogP contribution is -2.05. The molecule has 7 nitrogen and oxygen atoms in total. The molecule has 0 aliphatic heterocycles. The fraction of sp³-hybridized carbons (Fsp3) is 0.100. The average molecular weight is 570 g/mol. The molecule has 4 aromatic carbocycles. The van der Waals surface area contributed by atoms with Crippen molar-refractivity contribution < 1.29 is 51.7 Å². The van der Waals surface area contributed by atoms with Crippen molar-refractivity contribution in [3.8, 4) is 22.3 Å². The van der Waals surface area contributed by atoms with Crippen molar-refractivity contribution in [3.63, 3.8) is 0 Å². The van der Waals surface area contributed by atoms with Crippen LogP contribution in [0.4, 0.5) is 17.6 Å². The number of carbonyl (C=O) groups is 2. The van der Waals surface area contributed by atoms with Gasteiger partial charge in [-0.3, -0.25) is 0 Å². The second-order valence-corrected chi connectivity index (χ2v) is 8.20. The van der Waals surface area contributed by atoms with Crippen LogP contribution in [0, 0.1) is 30.2 Å². The van der Waals surface area contributed by atoms with Gasteiger partial charge in [0, 0.05) is 11.1 Å². The van der Waals surface area contributed by atoms with E-state index in [1.54, 1.807) is 6.92 Å². The van der Waals surface area contributed by atoms with Crippen LogP contribution in [-0.2, 0) is 20.9 Å². The minimum atomic E-state index is -1.05. The van der Waals surface area contributed by atoms with Crippen LogP contribution in [0.25, 0.3) is 22.3 Å². The van der Waals surface area contributed by atoms with Crippen LogP contribution in [0.2, 0.25) is 0 Å². The van der Waals surface area contributed by atoms with Crippen molar-refractivity contribution in [2.75, 3.05) is 7.11 Å². The number of aliphatic hydroxyl groups excluding tert-OH is 1. The van der Waals surface area contributed by atoms with Crippen molar-refractivity contribution in [2.24, 2.45) is 0 Å². The number of aryl methyl sites for hydroxylation is 1. The van der Waals surface area contributed by atoms with Crippen molar-refractivity contribution in [3.05, 3.63) is 118 Å². The summed E-state index contributed by atoms with van der Waals surface area (Å²) in [6.45, 7) is 1.39. The number of hydrogen-bond acceptors (Lipinski definition) is 6. The Kier molecular flexibility index (Phi) is 11.6. The zero-order chi connectivity index (χ0) is 30.7. The molecule has 4 rings (SSSR count). The Balaban J connectivity index is 0.000000263. The molecule has 0 radical (unpaired) electrons. The standard InChI is InChI=1S/C15H12F2O3.C14H10F2O2.CO2/c1-20-15(19)13-6-9(8-18)2-4-11(13)12-7-10(16)3-5-14(12)17;1-8-6-9(14(17)18)2-4-11(8)12-7-10(15)3-5-13(12)16;2-1-3/h2-7,18H,8H2,1H3;2-7H,1H3,(H,17,18);. The van der Waals surface area contributed by atoms with Gasteiger partial charge in [-0.2, -0.15) is 9.59 Å². The van der Waals surface area contributed by atoms with Gasteiger partial charge < -0.3 is 14.9 Å². The van der Waals surface area contributed by atoms with E-state index in [1.807, 2.05) is 0 Å². The van der Waals surface area contributed by atoms with E-state index in [2.05, 4.69) is 4.74 Å². The van der Waals surface area contributed by atoms with Gasteiger partial charge in [0.05, 0.1) is 24.8 Å². The molecule has 0 aliphatic rings. The summed E-state index contributed by atoms with van der Waals surface area (Å²) >= 11 is 0. The Morgan fingerprint density at radius 3 is 1.73 bits per heavy atom. The molecule has 0 spiro atoms. The first-order valence-electron chi connectivity index (χ1n) is 11.5. The van der Waals surface area contributed by atoms with Gasteiger partial charge in [0.25, 0.3) is 0 Å². The lowest BCUT2D eigenvalue weighted by molar-refractivity contribution is -0.191. The van der Waals surface area contributed by atoms with Crippen molar-refractivity contribution in [2.45, 2.75) is 13.5 Å². The van der Waals surface area contributed by atoms with Crippen LogP contribution in [0.15, 0.2) is 72.8 Å². The number of ether oxygens (including phenoxy) is 1. The normalized spacial score (nSPS) is 9.83. The van der Waals surface area contributed by atoms with Crippen LogP contribution >= 0.6 is 0 Å². The molecular formula is C30H22F4O7. The number of benzene rings is 4. The van der Waals surface area contributed by atoms with Gasteiger partial charge in [-0.25, -0.2) is 27.2 Å². The summed E-state index contributed by atoms with van der Waals surface area (Å²) in [5, 5.41) is 17.9. The SMILES string of the molecule is COC(=O)c1cc(CO)ccc1-c1cc(F)ccc1F.Cc1cc(C(=O)O)ccc1-c1cc(F)ccc1F.O=C=O. The number of carboxylic acid groups (broad SMARTS) is 1. The molecule has 41 heavy (non-hydrogen) atoms. The number of esters is 1. The van der Waals surface area contributed by atoms with Crippen molar-refractivity contribution >= 4 is 18.1 Å². The summed E-state index contributed by atoms with van der Waals surface area (Å²) in [5.74, 6) is -4.06. The van der Waals surface area contributed by atoms with Gasteiger partial charge in [0.15, 0.2) is 0 Å². The number of methoxy groups -OCH3 is 1. The van der Waals surface area contributed by atoms with Crippen LogP contribution in [-0.4, -0.2) is 35.4 Å². The minimum Gasteiger partial charge on any atom is -0.478 e. The third-order valence-electron chi connectivity index (χ3n) is 5.58. The molecule has 0 aliphatic carbocycles. The molecule has 11 heteroatoms. The molecule has 2 N–H and O–H groups in total. The quantitative estimate of drug-likeness (QED) is 0.224. The van der Waals surface area contributed by atoms with Crippen molar-refractivity contribution in [1.29, 1.82) is 0 Å². The van der Waals surface area contributed by atoms with E-state index in [1.165, 1.54) is 43.5 Å². The third-order valence-corrected chi connectivity index (χ3v) is 5.58. The molecule has 0 unspecified atom stereocenters. The largest absolute Gasteiger partial charge is 0.478 e. The summed E-state index contributed by atoms with van der Waals surface area (Å²) < 4.78 is 58.4.